The lowest BCUT2D eigenvalue weighted by Crippen LogP contribution is -2.15. The molecule has 9 heavy (non-hydrogen) atoms. The summed E-state index contributed by atoms with van der Waals surface area (Å²) >= 11 is 0. The van der Waals surface area contributed by atoms with Gasteiger partial charge in [-0.25, -0.2) is 0 Å². The first-order valence-corrected chi connectivity index (χ1v) is 3.41. The van der Waals surface area contributed by atoms with Crippen molar-refractivity contribution in [1.82, 2.24) is 0 Å². The Morgan fingerprint density at radius 2 is 2.11 bits per heavy atom. The van der Waals surface area contributed by atoms with E-state index in [0.29, 0.717) is 0 Å². The van der Waals surface area contributed by atoms with Gasteiger partial charge >= 0.3 is 0 Å². The molecule has 0 aromatic heterocycles. The zero-order valence-corrected chi connectivity index (χ0v) is 6.42. The van der Waals surface area contributed by atoms with E-state index in [-0.39, 0.29) is 12.2 Å². The summed E-state index contributed by atoms with van der Waals surface area (Å²) in [6, 6.07) is 0. The fourth-order valence-corrected chi connectivity index (χ4v) is 0.646. The van der Waals surface area contributed by atoms with Gasteiger partial charge in [0.15, 0.2) is 0 Å². The Labute approximate surface area is 56.8 Å². The predicted molar refractivity (Wildman–Crippen MR) is 37.4 cm³/mol. The van der Waals surface area contributed by atoms with Crippen LogP contribution in [-0.4, -0.2) is 24.4 Å². The third-order valence-electron chi connectivity index (χ3n) is 1.48. The molecular formula is C7H16O2. The van der Waals surface area contributed by atoms with Crippen molar-refractivity contribution in [2.45, 2.75) is 38.9 Å². The molecule has 0 bridgehead atoms. The normalized spacial score (nSPS) is 17.3. The fraction of sp³-hybridized carbons (Fsp3) is 1.00. The Hall–Kier alpha value is -0.0800. The van der Waals surface area contributed by atoms with Crippen molar-refractivity contribution in [3.8, 4) is 0 Å². The van der Waals surface area contributed by atoms with E-state index in [9.17, 15) is 0 Å². The number of aliphatic hydroxyl groups is 1. The van der Waals surface area contributed by atoms with E-state index >= 15 is 0 Å². The van der Waals surface area contributed by atoms with Gasteiger partial charge in [0.1, 0.15) is 0 Å². The average molecular weight is 132 g/mol. The predicted octanol–water partition coefficient (Wildman–Crippen LogP) is 1.18. The first kappa shape index (κ1) is 8.92. The quantitative estimate of drug-likeness (QED) is 0.622. The van der Waals surface area contributed by atoms with E-state index in [4.69, 9.17) is 9.84 Å². The molecule has 0 spiro atoms. The molecule has 0 aliphatic rings. The number of methoxy groups -OCH3 is 1. The Kier molecular flexibility index (Phi) is 4.72. The van der Waals surface area contributed by atoms with Gasteiger partial charge in [0.05, 0.1) is 12.2 Å². The van der Waals surface area contributed by atoms with Gasteiger partial charge in [-0.1, -0.05) is 6.92 Å². The Morgan fingerprint density at radius 1 is 1.56 bits per heavy atom. The Morgan fingerprint density at radius 3 is 2.44 bits per heavy atom. The Balaban J connectivity index is 3.22. The fourth-order valence-electron chi connectivity index (χ4n) is 0.646. The topological polar surface area (TPSA) is 29.5 Å². The van der Waals surface area contributed by atoms with E-state index < -0.39 is 0 Å². The third-order valence-corrected chi connectivity index (χ3v) is 1.48. The van der Waals surface area contributed by atoms with Crippen molar-refractivity contribution >= 4 is 0 Å². The van der Waals surface area contributed by atoms with Gasteiger partial charge in [-0.2, -0.15) is 0 Å². The highest BCUT2D eigenvalue weighted by molar-refractivity contribution is 4.57. The molecule has 0 aromatic rings. The minimum absolute atomic E-state index is 0.181. The van der Waals surface area contributed by atoms with Crippen LogP contribution in [0.5, 0.6) is 0 Å². The number of rotatable bonds is 4. The van der Waals surface area contributed by atoms with Crippen molar-refractivity contribution < 1.29 is 9.84 Å². The molecule has 0 aliphatic carbocycles. The molecule has 0 heterocycles. The molecule has 0 rings (SSSR count). The lowest BCUT2D eigenvalue weighted by Gasteiger charge is -2.12. The van der Waals surface area contributed by atoms with Crippen LogP contribution in [0.15, 0.2) is 0 Å². The van der Waals surface area contributed by atoms with Crippen LogP contribution in [0.2, 0.25) is 0 Å². The van der Waals surface area contributed by atoms with Gasteiger partial charge in [0.25, 0.3) is 0 Å². The van der Waals surface area contributed by atoms with Gasteiger partial charge in [0, 0.05) is 7.11 Å². The number of hydrogen-bond donors (Lipinski definition) is 1. The Bertz CT molecular complexity index is 55.9. The van der Waals surface area contributed by atoms with Crippen molar-refractivity contribution in [3.63, 3.8) is 0 Å². The molecule has 2 heteroatoms. The summed E-state index contributed by atoms with van der Waals surface area (Å²) in [7, 11) is 1.66. The van der Waals surface area contributed by atoms with Crippen LogP contribution in [-0.2, 0) is 4.74 Å². The van der Waals surface area contributed by atoms with Crippen LogP contribution >= 0.6 is 0 Å². The molecule has 0 radical (unpaired) electrons. The van der Waals surface area contributed by atoms with E-state index in [1.54, 1.807) is 7.11 Å². The lowest BCUT2D eigenvalue weighted by molar-refractivity contribution is 0.0549. The molecule has 0 saturated carbocycles. The second-order valence-corrected chi connectivity index (χ2v) is 2.34. The molecule has 1 N–H and O–H groups in total. The third kappa shape index (κ3) is 4.43. The number of ether oxygens (including phenoxy) is 1. The summed E-state index contributed by atoms with van der Waals surface area (Å²) in [4.78, 5) is 0. The molecule has 2 atom stereocenters. The van der Waals surface area contributed by atoms with Crippen molar-refractivity contribution in [2.24, 2.45) is 0 Å². The lowest BCUT2D eigenvalue weighted by atomic mass is 10.1. The zero-order valence-electron chi connectivity index (χ0n) is 6.42. The van der Waals surface area contributed by atoms with Gasteiger partial charge in [-0.3, -0.25) is 0 Å². The molecule has 0 aromatic carbocycles. The van der Waals surface area contributed by atoms with Gasteiger partial charge in [0.2, 0.25) is 0 Å². The molecule has 2 nitrogen and oxygen atoms in total. The first-order chi connectivity index (χ1) is 4.20. The standard InChI is InChI=1S/C7H16O2/c1-4-7(8)5-6(2)9-3/h6-8H,4-5H2,1-3H3/t6-,7?/m1/s1. The van der Waals surface area contributed by atoms with E-state index in [2.05, 4.69) is 0 Å². The van der Waals surface area contributed by atoms with Gasteiger partial charge in [-0.05, 0) is 19.8 Å². The first-order valence-electron chi connectivity index (χ1n) is 3.41. The minimum Gasteiger partial charge on any atom is -0.393 e. The average Bonchev–Trinajstić information content (AvgIpc) is 1.87. The van der Waals surface area contributed by atoms with E-state index in [0.717, 1.165) is 12.8 Å². The minimum atomic E-state index is -0.194. The molecule has 0 saturated heterocycles. The molecular weight excluding hydrogens is 116 g/mol. The highest BCUT2D eigenvalue weighted by Gasteiger charge is 2.05. The van der Waals surface area contributed by atoms with Crippen molar-refractivity contribution in [3.05, 3.63) is 0 Å². The highest BCUT2D eigenvalue weighted by atomic mass is 16.5. The summed E-state index contributed by atoms with van der Waals surface area (Å²) in [5.74, 6) is 0. The SMILES string of the molecule is CCC(O)C[C@@H](C)OC. The van der Waals surface area contributed by atoms with E-state index in [1.165, 1.54) is 0 Å². The molecule has 0 amide bonds. The van der Waals surface area contributed by atoms with Gasteiger partial charge in [-0.15, -0.1) is 0 Å². The number of hydrogen-bond acceptors (Lipinski definition) is 2. The summed E-state index contributed by atoms with van der Waals surface area (Å²) in [6.07, 6.45) is 1.54. The largest absolute Gasteiger partial charge is 0.393 e. The monoisotopic (exact) mass is 132 g/mol. The maximum absolute atomic E-state index is 9.08. The maximum atomic E-state index is 9.08. The van der Waals surface area contributed by atoms with Gasteiger partial charge < -0.3 is 9.84 Å². The summed E-state index contributed by atoms with van der Waals surface area (Å²) < 4.78 is 4.96. The summed E-state index contributed by atoms with van der Waals surface area (Å²) in [6.45, 7) is 3.92. The molecule has 1 unspecified atom stereocenters. The second kappa shape index (κ2) is 4.77. The second-order valence-electron chi connectivity index (χ2n) is 2.34. The van der Waals surface area contributed by atoms with E-state index in [1.807, 2.05) is 13.8 Å². The zero-order chi connectivity index (χ0) is 7.28. The number of aliphatic hydroxyl groups excluding tert-OH is 1. The highest BCUT2D eigenvalue weighted by Crippen LogP contribution is 2.03. The van der Waals surface area contributed by atoms with Crippen LogP contribution < -0.4 is 0 Å². The van der Waals surface area contributed by atoms with Crippen LogP contribution in [0, 0.1) is 0 Å². The van der Waals surface area contributed by atoms with Crippen molar-refractivity contribution in [1.29, 1.82) is 0 Å². The van der Waals surface area contributed by atoms with Crippen LogP contribution in [0.4, 0.5) is 0 Å². The maximum Gasteiger partial charge on any atom is 0.0567 e. The van der Waals surface area contributed by atoms with Crippen LogP contribution in [0.1, 0.15) is 26.7 Å². The molecule has 56 valence electrons. The van der Waals surface area contributed by atoms with Crippen molar-refractivity contribution in [2.75, 3.05) is 7.11 Å². The smallest absolute Gasteiger partial charge is 0.0567 e. The summed E-state index contributed by atoms with van der Waals surface area (Å²) in [5, 5.41) is 9.08. The van der Waals surface area contributed by atoms with Crippen LogP contribution in [0.3, 0.4) is 0 Å². The summed E-state index contributed by atoms with van der Waals surface area (Å²) in [5.41, 5.74) is 0. The molecule has 0 aliphatic heterocycles. The molecule has 0 fully saturated rings. The van der Waals surface area contributed by atoms with Crippen LogP contribution in [0.25, 0.3) is 0 Å².